The molecule has 11 heavy (non-hydrogen) atoms. The van der Waals surface area contributed by atoms with Crippen LogP contribution in [0.1, 0.15) is 12.8 Å². The van der Waals surface area contributed by atoms with E-state index in [1.807, 2.05) is 0 Å². The summed E-state index contributed by atoms with van der Waals surface area (Å²) < 4.78 is 0. The molecule has 0 spiro atoms. The third-order valence-electron chi connectivity index (χ3n) is 2.04. The number of hydrogen-bond acceptors (Lipinski definition) is 1. The van der Waals surface area contributed by atoms with Crippen LogP contribution >= 0.6 is 0 Å². The Kier molecular flexibility index (Phi) is 1.80. The van der Waals surface area contributed by atoms with Crippen LogP contribution in [-0.2, 0) is 0 Å². The molecule has 1 aromatic carbocycles. The highest BCUT2D eigenvalue weighted by atomic mass is 15.1. The van der Waals surface area contributed by atoms with Crippen LogP contribution < -0.4 is 4.90 Å². The highest BCUT2D eigenvalue weighted by Crippen LogP contribution is 2.21. The molecule has 1 aliphatic heterocycles. The van der Waals surface area contributed by atoms with Gasteiger partial charge < -0.3 is 4.90 Å². The molecule has 0 unspecified atom stereocenters. The fourth-order valence-electron chi connectivity index (χ4n) is 1.45. The first kappa shape index (κ1) is 6.71. The van der Waals surface area contributed by atoms with Crippen LogP contribution in [-0.4, -0.2) is 6.54 Å². The van der Waals surface area contributed by atoms with Crippen molar-refractivity contribution in [2.45, 2.75) is 12.8 Å². The lowest BCUT2D eigenvalue weighted by Crippen LogP contribution is -2.12. The van der Waals surface area contributed by atoms with Gasteiger partial charge in [-0.15, -0.1) is 0 Å². The van der Waals surface area contributed by atoms with Crippen LogP contribution in [0.5, 0.6) is 0 Å². The molecular weight excluding hydrogens is 134 g/mol. The van der Waals surface area contributed by atoms with Gasteiger partial charge in [-0.05, 0) is 25.0 Å². The average molecular weight is 146 g/mol. The second-order valence-electron chi connectivity index (χ2n) is 2.85. The number of rotatable bonds is 1. The summed E-state index contributed by atoms with van der Waals surface area (Å²) in [5.41, 5.74) is 1.32. The van der Waals surface area contributed by atoms with Crippen LogP contribution in [0.4, 0.5) is 5.69 Å². The van der Waals surface area contributed by atoms with E-state index < -0.39 is 0 Å². The predicted octanol–water partition coefficient (Wildman–Crippen LogP) is 2.45. The molecule has 1 nitrogen and oxygen atoms in total. The summed E-state index contributed by atoms with van der Waals surface area (Å²) in [5, 5.41) is 0. The summed E-state index contributed by atoms with van der Waals surface area (Å²) in [6.45, 7) is 3.46. The van der Waals surface area contributed by atoms with Crippen LogP contribution in [0.2, 0.25) is 0 Å². The van der Waals surface area contributed by atoms with Gasteiger partial charge in [-0.3, -0.25) is 0 Å². The van der Waals surface area contributed by atoms with Gasteiger partial charge in [0.25, 0.3) is 0 Å². The highest BCUT2D eigenvalue weighted by Gasteiger charge is 2.11. The first-order valence-corrected chi connectivity index (χ1v) is 4.12. The number of nitrogens with zero attached hydrogens (tertiary/aromatic N) is 1. The molecule has 0 N–H and O–H groups in total. The highest BCUT2D eigenvalue weighted by molar-refractivity contribution is 5.48. The lowest BCUT2D eigenvalue weighted by Gasteiger charge is -2.15. The Morgan fingerprint density at radius 3 is 2.55 bits per heavy atom. The van der Waals surface area contributed by atoms with E-state index in [0.717, 1.165) is 0 Å². The number of benzene rings is 1. The van der Waals surface area contributed by atoms with Crippen LogP contribution in [0.3, 0.4) is 0 Å². The van der Waals surface area contributed by atoms with E-state index >= 15 is 0 Å². The van der Waals surface area contributed by atoms with Gasteiger partial charge in [0.1, 0.15) is 0 Å². The Hall–Kier alpha value is -0.980. The fraction of sp³-hybridized carbons (Fsp3) is 0.300. The fourth-order valence-corrected chi connectivity index (χ4v) is 1.45. The van der Waals surface area contributed by atoms with Gasteiger partial charge in [0, 0.05) is 18.8 Å². The van der Waals surface area contributed by atoms with Crippen LogP contribution in [0.25, 0.3) is 0 Å². The van der Waals surface area contributed by atoms with Crippen molar-refractivity contribution in [3.05, 3.63) is 36.9 Å². The first-order chi connectivity index (χ1) is 5.47. The molecule has 0 bridgehead atoms. The molecule has 0 atom stereocenters. The standard InChI is InChI=1S/C10H12N/c1-2-6-10(7-3-1)11-8-4-5-9-11/h1-3,6-8H,4-5,9H2. The summed E-state index contributed by atoms with van der Waals surface area (Å²) >= 11 is 0. The van der Waals surface area contributed by atoms with Gasteiger partial charge in [-0.25, -0.2) is 0 Å². The summed E-state index contributed by atoms with van der Waals surface area (Å²) in [6.07, 6.45) is 2.53. The first-order valence-electron chi connectivity index (χ1n) is 4.12. The SMILES string of the molecule is [CH]1CCCN1c1ccccc1. The van der Waals surface area contributed by atoms with E-state index in [0.29, 0.717) is 0 Å². The van der Waals surface area contributed by atoms with Gasteiger partial charge in [0.05, 0.1) is 0 Å². The van der Waals surface area contributed by atoms with Crippen molar-refractivity contribution in [1.29, 1.82) is 0 Å². The van der Waals surface area contributed by atoms with Gasteiger partial charge in [0.15, 0.2) is 0 Å². The Balaban J connectivity index is 2.16. The maximum absolute atomic E-state index is 2.32. The second-order valence-corrected chi connectivity index (χ2v) is 2.85. The van der Waals surface area contributed by atoms with E-state index in [9.17, 15) is 0 Å². The summed E-state index contributed by atoms with van der Waals surface area (Å²) in [6, 6.07) is 10.5. The van der Waals surface area contributed by atoms with E-state index in [4.69, 9.17) is 0 Å². The molecule has 1 aromatic rings. The molecular formula is C10H12N. The third-order valence-corrected chi connectivity index (χ3v) is 2.04. The van der Waals surface area contributed by atoms with Gasteiger partial charge in [0.2, 0.25) is 0 Å². The molecule has 2 rings (SSSR count). The molecule has 1 heteroatoms. The number of para-hydroxylation sites is 1. The van der Waals surface area contributed by atoms with Gasteiger partial charge in [-0.1, -0.05) is 18.2 Å². The quantitative estimate of drug-likeness (QED) is 0.588. The predicted molar refractivity (Wildman–Crippen MR) is 47.3 cm³/mol. The van der Waals surface area contributed by atoms with Crippen LogP contribution in [0.15, 0.2) is 30.3 Å². The van der Waals surface area contributed by atoms with Crippen LogP contribution in [0, 0.1) is 6.54 Å². The lowest BCUT2D eigenvalue weighted by molar-refractivity contribution is 0.956. The maximum Gasteiger partial charge on any atom is 0.0494 e. The number of anilines is 1. The largest absolute Gasteiger partial charge is 0.366 e. The van der Waals surface area contributed by atoms with Gasteiger partial charge in [-0.2, -0.15) is 0 Å². The zero-order valence-electron chi connectivity index (χ0n) is 6.53. The Labute approximate surface area is 67.6 Å². The Morgan fingerprint density at radius 1 is 1.09 bits per heavy atom. The molecule has 0 aliphatic carbocycles. The zero-order chi connectivity index (χ0) is 7.52. The minimum atomic E-state index is 1.18. The molecule has 57 valence electrons. The van der Waals surface area contributed by atoms with Crippen molar-refractivity contribution in [3.63, 3.8) is 0 Å². The number of hydrogen-bond donors (Lipinski definition) is 0. The molecule has 1 fully saturated rings. The molecule has 0 saturated carbocycles. The third kappa shape index (κ3) is 1.37. The lowest BCUT2D eigenvalue weighted by atomic mass is 10.3. The maximum atomic E-state index is 2.32. The summed E-state index contributed by atoms with van der Waals surface area (Å²) in [7, 11) is 0. The smallest absolute Gasteiger partial charge is 0.0494 e. The van der Waals surface area contributed by atoms with Crippen molar-refractivity contribution in [3.8, 4) is 0 Å². The Morgan fingerprint density at radius 2 is 1.91 bits per heavy atom. The van der Waals surface area contributed by atoms with E-state index in [1.165, 1.54) is 25.1 Å². The normalized spacial score (nSPS) is 17.3. The van der Waals surface area contributed by atoms with Crippen molar-refractivity contribution < 1.29 is 0 Å². The zero-order valence-corrected chi connectivity index (χ0v) is 6.53. The monoisotopic (exact) mass is 146 g/mol. The van der Waals surface area contributed by atoms with E-state index in [1.54, 1.807) is 0 Å². The van der Waals surface area contributed by atoms with Crippen molar-refractivity contribution >= 4 is 5.69 Å². The minimum absolute atomic E-state index is 1.18. The molecule has 0 amide bonds. The topological polar surface area (TPSA) is 3.24 Å². The van der Waals surface area contributed by atoms with E-state index in [2.05, 4.69) is 41.8 Å². The van der Waals surface area contributed by atoms with Crippen molar-refractivity contribution in [2.24, 2.45) is 0 Å². The van der Waals surface area contributed by atoms with Crippen molar-refractivity contribution in [2.75, 3.05) is 11.4 Å². The van der Waals surface area contributed by atoms with Crippen molar-refractivity contribution in [1.82, 2.24) is 0 Å². The molecule has 1 heterocycles. The molecule has 0 aromatic heterocycles. The molecule has 1 saturated heterocycles. The molecule has 1 aliphatic rings. The second kappa shape index (κ2) is 2.95. The van der Waals surface area contributed by atoms with E-state index in [-0.39, 0.29) is 0 Å². The Bertz CT molecular complexity index is 212. The summed E-state index contributed by atoms with van der Waals surface area (Å²) in [4.78, 5) is 2.32. The average Bonchev–Trinajstić information content (AvgIpc) is 2.58. The summed E-state index contributed by atoms with van der Waals surface area (Å²) in [5.74, 6) is 0. The minimum Gasteiger partial charge on any atom is -0.366 e. The molecule has 1 radical (unpaired) electrons. The van der Waals surface area contributed by atoms with Gasteiger partial charge >= 0.3 is 0 Å².